The Kier molecular flexibility index (Phi) is 5.93. The van der Waals surface area contributed by atoms with Crippen LogP contribution in [0.5, 0.6) is 11.5 Å². The average molecular weight is 384 g/mol. The van der Waals surface area contributed by atoms with E-state index in [-0.39, 0.29) is 11.7 Å². The van der Waals surface area contributed by atoms with Crippen molar-refractivity contribution in [2.45, 2.75) is 26.4 Å². The van der Waals surface area contributed by atoms with E-state index in [2.05, 4.69) is 10.9 Å². The number of carbonyl (C=O) groups is 2. The van der Waals surface area contributed by atoms with E-state index in [0.717, 1.165) is 17.7 Å². The molecule has 1 atom stereocenters. The van der Waals surface area contributed by atoms with Crippen LogP contribution >= 0.6 is 0 Å². The van der Waals surface area contributed by atoms with Crippen LogP contribution in [0.25, 0.3) is 6.08 Å². The number of hydrogen-bond donors (Lipinski definition) is 2. The number of fused-ring (bicyclic) bond motifs is 1. The Morgan fingerprint density at radius 3 is 2.71 bits per heavy atom. The maximum atomic E-state index is 12.9. The maximum absolute atomic E-state index is 12.9. The molecule has 0 spiro atoms. The second kappa shape index (κ2) is 8.56. The Balaban J connectivity index is 1.64. The molecular weight excluding hydrogens is 363 g/mol. The second-order valence-electron chi connectivity index (χ2n) is 6.35. The lowest BCUT2D eigenvalue weighted by molar-refractivity contribution is -0.117. The van der Waals surface area contributed by atoms with E-state index in [1.807, 2.05) is 26.0 Å². The van der Waals surface area contributed by atoms with Gasteiger partial charge in [0.25, 0.3) is 11.8 Å². The van der Waals surface area contributed by atoms with Crippen molar-refractivity contribution in [3.8, 4) is 11.5 Å². The van der Waals surface area contributed by atoms with Crippen LogP contribution in [-0.2, 0) is 11.2 Å². The van der Waals surface area contributed by atoms with Gasteiger partial charge in [-0.05, 0) is 56.3 Å². The van der Waals surface area contributed by atoms with Gasteiger partial charge in [0, 0.05) is 29.2 Å². The van der Waals surface area contributed by atoms with Crippen LogP contribution in [0.15, 0.2) is 42.5 Å². The first-order chi connectivity index (χ1) is 13.5. The summed E-state index contributed by atoms with van der Waals surface area (Å²) < 4.78 is 24.3. The first kappa shape index (κ1) is 19.4. The van der Waals surface area contributed by atoms with Gasteiger partial charge in [-0.2, -0.15) is 0 Å². The smallest absolute Gasteiger partial charge is 0.269 e. The first-order valence-electron chi connectivity index (χ1n) is 8.96. The molecule has 1 heterocycles. The molecule has 2 amide bonds. The fourth-order valence-corrected chi connectivity index (χ4v) is 2.86. The molecule has 2 aromatic rings. The summed E-state index contributed by atoms with van der Waals surface area (Å²) >= 11 is 0. The van der Waals surface area contributed by atoms with Gasteiger partial charge < -0.3 is 9.47 Å². The largest absolute Gasteiger partial charge is 0.493 e. The Bertz CT molecular complexity index is 909. The fourth-order valence-electron chi connectivity index (χ4n) is 2.86. The first-order valence-corrected chi connectivity index (χ1v) is 8.96. The van der Waals surface area contributed by atoms with Crippen LogP contribution in [0.2, 0.25) is 0 Å². The van der Waals surface area contributed by atoms with Crippen LogP contribution in [-0.4, -0.2) is 24.5 Å². The highest BCUT2D eigenvalue weighted by Crippen LogP contribution is 2.35. The molecule has 0 bridgehead atoms. The quantitative estimate of drug-likeness (QED) is 0.614. The Morgan fingerprint density at radius 1 is 1.25 bits per heavy atom. The highest BCUT2D eigenvalue weighted by molar-refractivity contribution is 5.98. The molecule has 0 aliphatic carbocycles. The fraction of sp³-hybridized carbons (Fsp3) is 0.238. The molecular formula is C21H21FN2O4. The molecule has 1 unspecified atom stereocenters. The number of carbonyl (C=O) groups excluding carboxylic acids is 2. The van der Waals surface area contributed by atoms with Gasteiger partial charge in [-0.15, -0.1) is 0 Å². The number of amides is 2. The van der Waals surface area contributed by atoms with Crippen molar-refractivity contribution in [2.75, 3.05) is 6.61 Å². The van der Waals surface area contributed by atoms with E-state index >= 15 is 0 Å². The SMILES string of the molecule is CCOc1cc2c(cc1/C=C/C(=O)NNC(=O)c1ccc(F)cc1)OC(C)C2. The van der Waals surface area contributed by atoms with E-state index in [9.17, 15) is 14.0 Å². The lowest BCUT2D eigenvalue weighted by Crippen LogP contribution is -2.40. The number of hydrogen-bond acceptors (Lipinski definition) is 4. The van der Waals surface area contributed by atoms with Gasteiger partial charge in [0.2, 0.25) is 0 Å². The molecule has 2 aromatic carbocycles. The monoisotopic (exact) mass is 384 g/mol. The highest BCUT2D eigenvalue weighted by Gasteiger charge is 2.21. The molecule has 0 radical (unpaired) electrons. The number of hydrazine groups is 1. The van der Waals surface area contributed by atoms with Crippen LogP contribution in [0.1, 0.15) is 35.3 Å². The lowest BCUT2D eigenvalue weighted by atomic mass is 10.1. The predicted octanol–water partition coefficient (Wildman–Crippen LogP) is 3.02. The van der Waals surface area contributed by atoms with Gasteiger partial charge in [0.1, 0.15) is 23.4 Å². The molecule has 0 saturated carbocycles. The van der Waals surface area contributed by atoms with Crippen LogP contribution < -0.4 is 20.3 Å². The Morgan fingerprint density at radius 2 is 2.00 bits per heavy atom. The van der Waals surface area contributed by atoms with E-state index in [4.69, 9.17) is 9.47 Å². The van der Waals surface area contributed by atoms with E-state index in [1.54, 1.807) is 6.08 Å². The van der Waals surface area contributed by atoms with Gasteiger partial charge in [-0.1, -0.05) is 0 Å². The molecule has 0 aromatic heterocycles. The minimum Gasteiger partial charge on any atom is -0.493 e. The number of ether oxygens (including phenoxy) is 2. The maximum Gasteiger partial charge on any atom is 0.269 e. The summed E-state index contributed by atoms with van der Waals surface area (Å²) in [6.45, 7) is 4.38. The number of nitrogens with one attached hydrogen (secondary N) is 2. The van der Waals surface area contributed by atoms with Crippen molar-refractivity contribution in [3.63, 3.8) is 0 Å². The number of halogens is 1. The summed E-state index contributed by atoms with van der Waals surface area (Å²) in [6.07, 6.45) is 3.80. The minimum atomic E-state index is -0.545. The summed E-state index contributed by atoms with van der Waals surface area (Å²) in [5.41, 5.74) is 6.57. The summed E-state index contributed by atoms with van der Waals surface area (Å²) in [5.74, 6) is -0.0651. The molecule has 6 nitrogen and oxygen atoms in total. The molecule has 0 saturated heterocycles. The second-order valence-corrected chi connectivity index (χ2v) is 6.35. The third-order valence-electron chi connectivity index (χ3n) is 4.15. The van der Waals surface area contributed by atoms with Crippen LogP contribution in [0, 0.1) is 5.82 Å². The Labute approximate surface area is 162 Å². The summed E-state index contributed by atoms with van der Waals surface area (Å²) in [4.78, 5) is 23.9. The normalized spacial score (nSPS) is 15.0. The third-order valence-corrected chi connectivity index (χ3v) is 4.15. The molecule has 1 aliphatic heterocycles. The lowest BCUT2D eigenvalue weighted by Gasteiger charge is -2.10. The summed E-state index contributed by atoms with van der Waals surface area (Å²) in [5, 5.41) is 0. The zero-order valence-electron chi connectivity index (χ0n) is 15.6. The molecule has 146 valence electrons. The molecule has 2 N–H and O–H groups in total. The van der Waals surface area contributed by atoms with Crippen molar-refractivity contribution in [1.29, 1.82) is 0 Å². The van der Waals surface area contributed by atoms with Crippen LogP contribution in [0.4, 0.5) is 4.39 Å². The van der Waals surface area contributed by atoms with Gasteiger partial charge >= 0.3 is 0 Å². The van der Waals surface area contributed by atoms with Gasteiger partial charge in [-0.25, -0.2) is 4.39 Å². The highest BCUT2D eigenvalue weighted by atomic mass is 19.1. The zero-order chi connectivity index (χ0) is 20.1. The van der Waals surface area contributed by atoms with Crippen molar-refractivity contribution in [2.24, 2.45) is 0 Å². The zero-order valence-corrected chi connectivity index (χ0v) is 15.6. The van der Waals surface area contributed by atoms with E-state index < -0.39 is 17.6 Å². The molecule has 0 fully saturated rings. The van der Waals surface area contributed by atoms with E-state index in [1.165, 1.54) is 30.3 Å². The Hall–Kier alpha value is -3.35. The third kappa shape index (κ3) is 4.68. The van der Waals surface area contributed by atoms with Gasteiger partial charge in [-0.3, -0.25) is 20.4 Å². The molecule has 1 aliphatic rings. The van der Waals surface area contributed by atoms with Gasteiger partial charge in [0.05, 0.1) is 6.61 Å². The minimum absolute atomic E-state index is 0.105. The van der Waals surface area contributed by atoms with Gasteiger partial charge in [0.15, 0.2) is 0 Å². The van der Waals surface area contributed by atoms with Crippen molar-refractivity contribution in [1.82, 2.24) is 10.9 Å². The molecule has 3 rings (SSSR count). The van der Waals surface area contributed by atoms with Crippen molar-refractivity contribution in [3.05, 3.63) is 65.0 Å². The van der Waals surface area contributed by atoms with Crippen molar-refractivity contribution < 1.29 is 23.5 Å². The number of benzene rings is 2. The predicted molar refractivity (Wildman–Crippen MR) is 102 cm³/mol. The summed E-state index contributed by atoms with van der Waals surface area (Å²) in [6, 6.07) is 8.76. The number of rotatable bonds is 5. The van der Waals surface area contributed by atoms with Crippen LogP contribution in [0.3, 0.4) is 0 Å². The average Bonchev–Trinajstić information content (AvgIpc) is 3.03. The summed E-state index contributed by atoms with van der Waals surface area (Å²) in [7, 11) is 0. The topological polar surface area (TPSA) is 76.7 Å². The van der Waals surface area contributed by atoms with E-state index in [0.29, 0.717) is 17.9 Å². The standard InChI is InChI=1S/C21H21FN2O4/c1-3-27-18-12-16-10-13(2)28-19(16)11-15(18)6-9-20(25)23-24-21(26)14-4-7-17(22)8-5-14/h4-9,11-13H,3,10H2,1-2H3,(H,23,25)(H,24,26)/b9-6+. The molecule has 28 heavy (non-hydrogen) atoms. The van der Waals surface area contributed by atoms with Crippen molar-refractivity contribution >= 4 is 17.9 Å². The molecule has 7 heteroatoms.